The van der Waals surface area contributed by atoms with Gasteiger partial charge in [-0.15, -0.1) is 0 Å². The molecule has 0 radical (unpaired) electrons. The molecule has 3 nitrogen and oxygen atoms in total. The lowest BCUT2D eigenvalue weighted by Gasteiger charge is -2.35. The maximum atomic E-state index is 5.93. The molecule has 1 saturated carbocycles. The lowest BCUT2D eigenvalue weighted by Crippen LogP contribution is -2.47. The summed E-state index contributed by atoms with van der Waals surface area (Å²) in [5.74, 6) is 0.873. The number of hydrogen-bond donors (Lipinski definition) is 1. The van der Waals surface area contributed by atoms with Crippen molar-refractivity contribution in [1.29, 1.82) is 0 Å². The summed E-state index contributed by atoms with van der Waals surface area (Å²) in [5, 5.41) is 0. The van der Waals surface area contributed by atoms with E-state index >= 15 is 0 Å². The van der Waals surface area contributed by atoms with Crippen molar-refractivity contribution in [3.8, 4) is 0 Å². The molecule has 0 bridgehead atoms. The van der Waals surface area contributed by atoms with E-state index in [0.29, 0.717) is 18.2 Å². The third-order valence-corrected chi connectivity index (χ3v) is 3.63. The minimum absolute atomic E-state index is 0.395. The number of fused-ring (bicyclic) bond motifs is 1. The largest absolute Gasteiger partial charge is 0.375 e. The smallest absolute Gasteiger partial charge is 0.0731 e. The molecule has 0 unspecified atom stereocenters. The molecule has 2 aliphatic heterocycles. The highest BCUT2D eigenvalue weighted by molar-refractivity contribution is 4.95. The lowest BCUT2D eigenvalue weighted by atomic mass is 10.1. The van der Waals surface area contributed by atoms with Crippen LogP contribution in [0.5, 0.6) is 0 Å². The average molecular weight is 182 g/mol. The molecular formula is C10H18N2O. The van der Waals surface area contributed by atoms with Crippen molar-refractivity contribution in [2.75, 3.05) is 19.7 Å². The first-order valence-electron chi connectivity index (χ1n) is 5.44. The number of ether oxygens (including phenoxy) is 1. The molecule has 0 amide bonds. The molecule has 0 aromatic rings. The van der Waals surface area contributed by atoms with Crippen LogP contribution >= 0.6 is 0 Å². The second-order valence-electron chi connectivity index (χ2n) is 4.81. The molecule has 1 aliphatic carbocycles. The van der Waals surface area contributed by atoms with Crippen LogP contribution in [0.2, 0.25) is 0 Å². The lowest BCUT2D eigenvalue weighted by molar-refractivity contribution is -0.0581. The summed E-state index contributed by atoms with van der Waals surface area (Å²) >= 11 is 0. The van der Waals surface area contributed by atoms with Crippen LogP contribution in [0.1, 0.15) is 19.3 Å². The van der Waals surface area contributed by atoms with Crippen molar-refractivity contribution in [1.82, 2.24) is 4.90 Å². The van der Waals surface area contributed by atoms with Crippen LogP contribution in [0.3, 0.4) is 0 Å². The van der Waals surface area contributed by atoms with E-state index in [1.165, 1.54) is 12.8 Å². The predicted octanol–water partition coefficient (Wildman–Crippen LogP) is 0.197. The van der Waals surface area contributed by atoms with Gasteiger partial charge in [0.05, 0.1) is 12.7 Å². The second-order valence-corrected chi connectivity index (χ2v) is 4.81. The Labute approximate surface area is 79.2 Å². The average Bonchev–Trinajstić information content (AvgIpc) is 2.87. The molecule has 3 rings (SSSR count). The van der Waals surface area contributed by atoms with Crippen LogP contribution in [0, 0.1) is 5.92 Å². The summed E-state index contributed by atoms with van der Waals surface area (Å²) in [5.41, 5.74) is 5.93. The number of nitrogens with zero attached hydrogens (tertiary/aromatic N) is 1. The molecule has 2 heterocycles. The SMILES string of the molecule is N[C@H]1C[C@H]2CO[C@@H](C3CC3)CN2C1. The Bertz CT molecular complexity index is 205. The van der Waals surface area contributed by atoms with Gasteiger partial charge in [-0.25, -0.2) is 0 Å². The summed E-state index contributed by atoms with van der Waals surface area (Å²) in [6, 6.07) is 1.02. The van der Waals surface area contributed by atoms with Crippen LogP contribution in [-0.4, -0.2) is 42.8 Å². The Morgan fingerprint density at radius 3 is 2.85 bits per heavy atom. The molecule has 3 heteroatoms. The van der Waals surface area contributed by atoms with Crippen molar-refractivity contribution in [3.05, 3.63) is 0 Å². The molecular weight excluding hydrogens is 164 g/mol. The van der Waals surface area contributed by atoms with Gasteiger partial charge in [0, 0.05) is 25.2 Å². The first kappa shape index (κ1) is 8.21. The van der Waals surface area contributed by atoms with Gasteiger partial charge >= 0.3 is 0 Å². The molecule has 0 aromatic heterocycles. The highest BCUT2D eigenvalue weighted by Crippen LogP contribution is 2.37. The van der Waals surface area contributed by atoms with Crippen LogP contribution in [-0.2, 0) is 4.74 Å². The van der Waals surface area contributed by atoms with E-state index in [0.717, 1.165) is 32.0 Å². The molecule has 0 spiro atoms. The highest BCUT2D eigenvalue weighted by Gasteiger charge is 2.41. The van der Waals surface area contributed by atoms with E-state index < -0.39 is 0 Å². The molecule has 2 N–H and O–H groups in total. The van der Waals surface area contributed by atoms with E-state index in [1.807, 2.05) is 0 Å². The fourth-order valence-electron chi connectivity index (χ4n) is 2.69. The molecule has 2 saturated heterocycles. The fraction of sp³-hybridized carbons (Fsp3) is 1.00. The van der Waals surface area contributed by atoms with Crippen LogP contribution in [0.15, 0.2) is 0 Å². The topological polar surface area (TPSA) is 38.5 Å². The van der Waals surface area contributed by atoms with Gasteiger partial charge in [-0.3, -0.25) is 4.90 Å². The summed E-state index contributed by atoms with van der Waals surface area (Å²) in [6.45, 7) is 3.16. The van der Waals surface area contributed by atoms with Gasteiger partial charge < -0.3 is 10.5 Å². The zero-order valence-electron chi connectivity index (χ0n) is 7.98. The van der Waals surface area contributed by atoms with Crippen molar-refractivity contribution in [2.24, 2.45) is 11.7 Å². The summed E-state index contributed by atoms with van der Waals surface area (Å²) < 4.78 is 5.87. The monoisotopic (exact) mass is 182 g/mol. The number of nitrogens with two attached hydrogens (primary N) is 1. The van der Waals surface area contributed by atoms with E-state index in [-0.39, 0.29) is 0 Å². The minimum Gasteiger partial charge on any atom is -0.375 e. The van der Waals surface area contributed by atoms with Crippen molar-refractivity contribution in [2.45, 2.75) is 37.5 Å². The Balaban J connectivity index is 1.64. The first-order valence-corrected chi connectivity index (χ1v) is 5.44. The number of rotatable bonds is 1. The maximum Gasteiger partial charge on any atom is 0.0731 e. The van der Waals surface area contributed by atoms with Gasteiger partial charge in [0.25, 0.3) is 0 Å². The van der Waals surface area contributed by atoms with Crippen molar-refractivity contribution >= 4 is 0 Å². The second kappa shape index (κ2) is 2.94. The normalized spacial score (nSPS) is 46.4. The van der Waals surface area contributed by atoms with E-state index in [4.69, 9.17) is 10.5 Å². The quantitative estimate of drug-likeness (QED) is 0.629. The molecule has 3 atom stereocenters. The first-order chi connectivity index (χ1) is 6.33. The fourth-order valence-corrected chi connectivity index (χ4v) is 2.69. The third kappa shape index (κ3) is 1.49. The number of hydrogen-bond acceptors (Lipinski definition) is 3. The van der Waals surface area contributed by atoms with Crippen LogP contribution < -0.4 is 5.73 Å². The number of morpholine rings is 1. The maximum absolute atomic E-state index is 5.93. The van der Waals surface area contributed by atoms with Gasteiger partial charge in [-0.2, -0.15) is 0 Å². The summed E-state index contributed by atoms with van der Waals surface area (Å²) in [6.07, 6.45) is 4.43. The Morgan fingerprint density at radius 2 is 2.08 bits per heavy atom. The molecule has 74 valence electrons. The zero-order valence-corrected chi connectivity index (χ0v) is 7.98. The molecule has 13 heavy (non-hydrogen) atoms. The van der Waals surface area contributed by atoms with Crippen LogP contribution in [0.4, 0.5) is 0 Å². The zero-order chi connectivity index (χ0) is 8.84. The highest BCUT2D eigenvalue weighted by atomic mass is 16.5. The van der Waals surface area contributed by atoms with Gasteiger partial charge in [0.1, 0.15) is 0 Å². The van der Waals surface area contributed by atoms with Crippen LogP contribution in [0.25, 0.3) is 0 Å². The van der Waals surface area contributed by atoms with E-state index in [9.17, 15) is 0 Å². The van der Waals surface area contributed by atoms with Gasteiger partial charge in [-0.05, 0) is 25.2 Å². The Morgan fingerprint density at radius 1 is 1.23 bits per heavy atom. The molecule has 3 fully saturated rings. The van der Waals surface area contributed by atoms with Gasteiger partial charge in [-0.1, -0.05) is 0 Å². The van der Waals surface area contributed by atoms with Gasteiger partial charge in [0.2, 0.25) is 0 Å². The minimum atomic E-state index is 0.395. The third-order valence-electron chi connectivity index (χ3n) is 3.63. The Kier molecular flexibility index (Phi) is 1.86. The van der Waals surface area contributed by atoms with Gasteiger partial charge in [0.15, 0.2) is 0 Å². The van der Waals surface area contributed by atoms with E-state index in [1.54, 1.807) is 0 Å². The standard InChI is InChI=1S/C10H18N2O/c11-8-3-9-6-13-10(7-1-2-7)5-12(9)4-8/h7-10H,1-6,11H2/t8-,9-,10+/m0/s1. The summed E-state index contributed by atoms with van der Waals surface area (Å²) in [7, 11) is 0. The molecule has 3 aliphatic rings. The van der Waals surface area contributed by atoms with Crippen molar-refractivity contribution < 1.29 is 4.74 Å². The molecule has 0 aromatic carbocycles. The Hall–Kier alpha value is -0.120. The van der Waals surface area contributed by atoms with Crippen molar-refractivity contribution in [3.63, 3.8) is 0 Å². The van der Waals surface area contributed by atoms with E-state index in [2.05, 4.69) is 4.90 Å². The predicted molar refractivity (Wildman–Crippen MR) is 50.4 cm³/mol. The summed E-state index contributed by atoms with van der Waals surface area (Å²) in [4.78, 5) is 2.54.